The summed E-state index contributed by atoms with van der Waals surface area (Å²) in [6, 6.07) is 0. The Bertz CT molecular complexity index is 209. The van der Waals surface area contributed by atoms with Crippen molar-refractivity contribution in [1.29, 1.82) is 0 Å². The van der Waals surface area contributed by atoms with Crippen molar-refractivity contribution in [2.45, 2.75) is 59.8 Å². The van der Waals surface area contributed by atoms with Crippen molar-refractivity contribution in [3.05, 3.63) is 0 Å². The summed E-state index contributed by atoms with van der Waals surface area (Å²) in [4.78, 5) is 11.2. The zero-order valence-electron chi connectivity index (χ0n) is 9.44. The molecule has 0 saturated heterocycles. The van der Waals surface area contributed by atoms with E-state index in [-0.39, 0.29) is 5.41 Å². The number of carbonyl (C=O) groups is 1. The van der Waals surface area contributed by atoms with E-state index in [9.17, 15) is 4.79 Å². The maximum Gasteiger partial charge on any atom is 0.130 e. The molecule has 1 aliphatic carbocycles. The molecule has 0 heterocycles. The van der Waals surface area contributed by atoms with Gasteiger partial charge in [-0.05, 0) is 30.6 Å². The average molecular weight is 182 g/mol. The van der Waals surface area contributed by atoms with Crippen LogP contribution in [0.5, 0.6) is 0 Å². The molecule has 0 amide bonds. The van der Waals surface area contributed by atoms with Crippen LogP contribution in [0, 0.1) is 10.8 Å². The molecular formula is C12H22O. The summed E-state index contributed by atoms with van der Waals surface area (Å²) >= 11 is 0. The van der Waals surface area contributed by atoms with Crippen molar-refractivity contribution >= 4 is 5.78 Å². The van der Waals surface area contributed by atoms with Gasteiger partial charge in [-0.15, -0.1) is 0 Å². The van der Waals surface area contributed by atoms with E-state index in [0.29, 0.717) is 11.2 Å². The summed E-state index contributed by atoms with van der Waals surface area (Å²) in [6.07, 6.45) is 5.81. The van der Waals surface area contributed by atoms with Gasteiger partial charge in [0.05, 0.1) is 0 Å². The highest BCUT2D eigenvalue weighted by Gasteiger charge is 2.47. The fraction of sp³-hybridized carbons (Fsp3) is 0.917. The Labute approximate surface area is 81.9 Å². The molecule has 0 aromatic carbocycles. The number of rotatable bonds is 3. The minimum atomic E-state index is 0.271. The van der Waals surface area contributed by atoms with Crippen molar-refractivity contribution in [1.82, 2.24) is 0 Å². The van der Waals surface area contributed by atoms with Crippen LogP contribution in [-0.4, -0.2) is 5.78 Å². The normalized spacial score (nSPS) is 39.4. The van der Waals surface area contributed by atoms with Gasteiger partial charge < -0.3 is 4.79 Å². The standard InChI is InChI=1S/C12H22O/c1-5-11(3)7-6-8-12(11,4)9-10(2)13/h5-9H2,1-4H3. The van der Waals surface area contributed by atoms with Crippen LogP contribution in [0.4, 0.5) is 0 Å². The van der Waals surface area contributed by atoms with Gasteiger partial charge in [0.2, 0.25) is 0 Å². The second-order valence-electron chi connectivity index (χ2n) is 5.21. The number of ketones is 1. The predicted octanol–water partition coefficient (Wildman–Crippen LogP) is 3.57. The molecule has 2 atom stereocenters. The number of Topliss-reactive ketones (excluding diaryl/α,β-unsaturated/α-hetero) is 1. The first-order valence-electron chi connectivity index (χ1n) is 5.43. The molecule has 1 heteroatoms. The van der Waals surface area contributed by atoms with Gasteiger partial charge in [-0.3, -0.25) is 0 Å². The second-order valence-corrected chi connectivity index (χ2v) is 5.21. The third-order valence-corrected chi connectivity index (χ3v) is 4.33. The highest BCUT2D eigenvalue weighted by molar-refractivity contribution is 5.76. The Kier molecular flexibility index (Phi) is 2.84. The Morgan fingerprint density at radius 2 is 1.77 bits per heavy atom. The lowest BCUT2D eigenvalue weighted by molar-refractivity contribution is -0.120. The molecule has 1 saturated carbocycles. The fourth-order valence-corrected chi connectivity index (χ4v) is 2.93. The predicted molar refractivity (Wildman–Crippen MR) is 55.7 cm³/mol. The summed E-state index contributed by atoms with van der Waals surface area (Å²) in [5, 5.41) is 0. The van der Waals surface area contributed by atoms with Crippen LogP contribution >= 0.6 is 0 Å². The van der Waals surface area contributed by atoms with Gasteiger partial charge in [0, 0.05) is 6.42 Å². The zero-order valence-corrected chi connectivity index (χ0v) is 9.44. The Hall–Kier alpha value is -0.330. The van der Waals surface area contributed by atoms with Crippen molar-refractivity contribution < 1.29 is 4.79 Å². The van der Waals surface area contributed by atoms with Crippen molar-refractivity contribution in [3.63, 3.8) is 0 Å². The quantitative estimate of drug-likeness (QED) is 0.652. The number of carbonyl (C=O) groups excluding carboxylic acids is 1. The first-order valence-corrected chi connectivity index (χ1v) is 5.43. The maximum absolute atomic E-state index is 11.2. The maximum atomic E-state index is 11.2. The van der Waals surface area contributed by atoms with Gasteiger partial charge in [-0.2, -0.15) is 0 Å². The second kappa shape index (κ2) is 3.43. The summed E-state index contributed by atoms with van der Waals surface area (Å²) in [6.45, 7) is 8.62. The lowest BCUT2D eigenvalue weighted by Gasteiger charge is -2.40. The third kappa shape index (κ3) is 1.79. The fourth-order valence-electron chi connectivity index (χ4n) is 2.93. The molecule has 1 rings (SSSR count). The molecule has 0 aromatic heterocycles. The first kappa shape index (κ1) is 10.7. The summed E-state index contributed by atoms with van der Waals surface area (Å²) < 4.78 is 0. The topological polar surface area (TPSA) is 17.1 Å². The van der Waals surface area contributed by atoms with Gasteiger partial charge >= 0.3 is 0 Å². The van der Waals surface area contributed by atoms with E-state index in [1.54, 1.807) is 6.92 Å². The molecule has 2 unspecified atom stereocenters. The van der Waals surface area contributed by atoms with Gasteiger partial charge in [0.1, 0.15) is 5.78 Å². The van der Waals surface area contributed by atoms with E-state index in [1.807, 2.05) is 0 Å². The summed E-state index contributed by atoms with van der Waals surface area (Å²) in [5.74, 6) is 0.351. The third-order valence-electron chi connectivity index (χ3n) is 4.33. The van der Waals surface area contributed by atoms with Crippen molar-refractivity contribution in [2.75, 3.05) is 0 Å². The highest BCUT2D eigenvalue weighted by Crippen LogP contribution is 2.56. The van der Waals surface area contributed by atoms with Gasteiger partial charge in [-0.25, -0.2) is 0 Å². The molecule has 0 bridgehead atoms. The first-order chi connectivity index (χ1) is 5.93. The lowest BCUT2D eigenvalue weighted by Crippen LogP contribution is -2.33. The van der Waals surface area contributed by atoms with Gasteiger partial charge in [0.15, 0.2) is 0 Å². The van der Waals surface area contributed by atoms with E-state index in [2.05, 4.69) is 20.8 Å². The zero-order chi connectivity index (χ0) is 10.1. The van der Waals surface area contributed by atoms with Crippen LogP contribution in [0.1, 0.15) is 59.8 Å². The van der Waals surface area contributed by atoms with Gasteiger partial charge in [-0.1, -0.05) is 33.6 Å². The minimum absolute atomic E-state index is 0.271. The van der Waals surface area contributed by atoms with Crippen LogP contribution in [0.15, 0.2) is 0 Å². The van der Waals surface area contributed by atoms with E-state index < -0.39 is 0 Å². The molecule has 1 nitrogen and oxygen atoms in total. The largest absolute Gasteiger partial charge is 0.300 e. The molecule has 1 aliphatic rings. The van der Waals surface area contributed by atoms with E-state index in [0.717, 1.165) is 6.42 Å². The molecule has 76 valence electrons. The lowest BCUT2D eigenvalue weighted by atomic mass is 9.64. The molecule has 0 N–H and O–H groups in total. The Morgan fingerprint density at radius 3 is 2.23 bits per heavy atom. The molecule has 0 spiro atoms. The van der Waals surface area contributed by atoms with Crippen LogP contribution < -0.4 is 0 Å². The molecule has 0 aromatic rings. The minimum Gasteiger partial charge on any atom is -0.300 e. The molecule has 0 radical (unpaired) electrons. The van der Waals surface area contributed by atoms with Crippen molar-refractivity contribution in [3.8, 4) is 0 Å². The van der Waals surface area contributed by atoms with E-state index in [1.165, 1.54) is 25.7 Å². The monoisotopic (exact) mass is 182 g/mol. The SMILES string of the molecule is CCC1(C)CCCC1(C)CC(C)=O. The van der Waals surface area contributed by atoms with E-state index in [4.69, 9.17) is 0 Å². The Morgan fingerprint density at radius 1 is 1.23 bits per heavy atom. The smallest absolute Gasteiger partial charge is 0.130 e. The number of hydrogen-bond acceptors (Lipinski definition) is 1. The van der Waals surface area contributed by atoms with Gasteiger partial charge in [0.25, 0.3) is 0 Å². The summed E-state index contributed by atoms with van der Waals surface area (Å²) in [7, 11) is 0. The summed E-state index contributed by atoms with van der Waals surface area (Å²) in [5.41, 5.74) is 0.673. The molecule has 13 heavy (non-hydrogen) atoms. The molecule has 0 aliphatic heterocycles. The van der Waals surface area contributed by atoms with E-state index >= 15 is 0 Å². The number of hydrogen-bond donors (Lipinski definition) is 0. The average Bonchev–Trinajstić information content (AvgIpc) is 2.28. The van der Waals surface area contributed by atoms with Crippen LogP contribution in [-0.2, 0) is 4.79 Å². The van der Waals surface area contributed by atoms with Crippen molar-refractivity contribution in [2.24, 2.45) is 10.8 Å². The van der Waals surface area contributed by atoms with Crippen LogP contribution in [0.3, 0.4) is 0 Å². The Balaban J connectivity index is 2.81. The molecular weight excluding hydrogens is 160 g/mol. The highest BCUT2D eigenvalue weighted by atomic mass is 16.1. The van der Waals surface area contributed by atoms with Crippen LogP contribution in [0.2, 0.25) is 0 Å². The van der Waals surface area contributed by atoms with Crippen LogP contribution in [0.25, 0.3) is 0 Å². The molecule has 1 fully saturated rings.